The van der Waals surface area contributed by atoms with Crippen molar-refractivity contribution >= 4 is 7.05 Å². The van der Waals surface area contributed by atoms with Crippen molar-refractivity contribution in [3.05, 3.63) is 49.2 Å². The molecule has 1 aliphatic carbocycles. The summed E-state index contributed by atoms with van der Waals surface area (Å²) in [4.78, 5) is 0. The van der Waals surface area contributed by atoms with Crippen LogP contribution in [0.5, 0.6) is 0 Å². The van der Waals surface area contributed by atoms with Gasteiger partial charge in [-0.2, -0.15) is 0 Å². The van der Waals surface area contributed by atoms with Gasteiger partial charge in [-0.05, 0) is 31.6 Å². The van der Waals surface area contributed by atoms with Crippen LogP contribution in [-0.2, 0) is 21.7 Å². The predicted molar refractivity (Wildman–Crippen MR) is 83.2 cm³/mol. The smallest absolute Gasteiger partial charge is 0.0425 e. The maximum atomic E-state index is 4.97. The fourth-order valence-electron chi connectivity index (χ4n) is 1.67. The molecule has 18 heavy (non-hydrogen) atoms. The van der Waals surface area contributed by atoms with Crippen LogP contribution in [0.4, 0.5) is 0 Å². The van der Waals surface area contributed by atoms with Crippen molar-refractivity contribution in [2.75, 3.05) is 18.5 Å². The Labute approximate surface area is 128 Å². The van der Waals surface area contributed by atoms with Crippen LogP contribution in [-0.4, -0.2) is 18.5 Å². The summed E-state index contributed by atoms with van der Waals surface area (Å²) in [6.45, 7) is 13.6. The molecule has 0 aromatic rings. The van der Waals surface area contributed by atoms with Crippen molar-refractivity contribution in [3.63, 3.8) is 0 Å². The fourth-order valence-corrected chi connectivity index (χ4v) is 4.12. The molecule has 0 aliphatic heterocycles. The van der Waals surface area contributed by atoms with Crippen LogP contribution in [0.2, 0.25) is 0 Å². The summed E-state index contributed by atoms with van der Waals surface area (Å²) in [5, 5.41) is 0. The summed E-state index contributed by atoms with van der Waals surface area (Å²) < 4.78 is 4.97. The topological polar surface area (TPSA) is 12.4 Å². The van der Waals surface area contributed by atoms with Gasteiger partial charge in [0, 0.05) is 33.8 Å². The molecule has 3 heteroatoms. The van der Waals surface area contributed by atoms with E-state index in [1.165, 1.54) is 24.2 Å². The third-order valence-electron chi connectivity index (χ3n) is 3.02. The van der Waals surface area contributed by atoms with Crippen LogP contribution in [0.25, 0.3) is 0 Å². The zero-order chi connectivity index (χ0) is 13.1. The largest absolute Gasteiger partial charge is 0.272 e. The SMILES string of the molecule is C=CC=C.CCP(CC)(CC)=NC1=CC=CC1.[Ti]. The molecule has 1 rings (SSSR count). The second-order valence-electron chi connectivity index (χ2n) is 3.91. The van der Waals surface area contributed by atoms with E-state index in [9.17, 15) is 0 Å². The summed E-state index contributed by atoms with van der Waals surface area (Å²) in [6, 6.07) is 0. The molecule has 0 N–H and O–H groups in total. The van der Waals surface area contributed by atoms with Crippen molar-refractivity contribution in [1.82, 2.24) is 0 Å². The summed E-state index contributed by atoms with van der Waals surface area (Å²) in [5.41, 5.74) is 1.30. The number of rotatable bonds is 5. The van der Waals surface area contributed by atoms with Gasteiger partial charge in [-0.15, -0.1) is 0 Å². The van der Waals surface area contributed by atoms with E-state index in [0.29, 0.717) is 0 Å². The minimum Gasteiger partial charge on any atom is -0.272 e. The van der Waals surface area contributed by atoms with Crippen LogP contribution in [0.15, 0.2) is 54.0 Å². The van der Waals surface area contributed by atoms with Crippen LogP contribution < -0.4 is 0 Å². The molecule has 0 unspecified atom stereocenters. The molecule has 0 heterocycles. The Kier molecular flexibility index (Phi) is 13.4. The van der Waals surface area contributed by atoms with Gasteiger partial charge in [-0.1, -0.05) is 58.2 Å². The molecule has 0 amide bonds. The third kappa shape index (κ3) is 7.36. The van der Waals surface area contributed by atoms with Crippen molar-refractivity contribution in [2.24, 2.45) is 4.74 Å². The van der Waals surface area contributed by atoms with E-state index < -0.39 is 7.05 Å². The Morgan fingerprint density at radius 3 is 1.94 bits per heavy atom. The molecule has 100 valence electrons. The van der Waals surface area contributed by atoms with Crippen molar-refractivity contribution in [2.45, 2.75) is 27.2 Å². The quantitative estimate of drug-likeness (QED) is 0.364. The molecule has 0 saturated carbocycles. The van der Waals surface area contributed by atoms with Crippen molar-refractivity contribution < 1.29 is 21.7 Å². The molecule has 1 aliphatic rings. The van der Waals surface area contributed by atoms with Gasteiger partial charge < -0.3 is 0 Å². The average molecular weight is 299 g/mol. The minimum atomic E-state index is -0.971. The Morgan fingerprint density at radius 2 is 1.67 bits per heavy atom. The maximum absolute atomic E-state index is 4.97. The molecular weight excluding hydrogens is 273 g/mol. The van der Waals surface area contributed by atoms with Gasteiger partial charge in [0.1, 0.15) is 0 Å². The van der Waals surface area contributed by atoms with Crippen LogP contribution in [0.1, 0.15) is 27.2 Å². The summed E-state index contributed by atoms with van der Waals surface area (Å²) >= 11 is 0. The summed E-state index contributed by atoms with van der Waals surface area (Å²) in [6.07, 6.45) is 14.6. The standard InChI is InChI=1S/C11H20NP.C4H6.Ti/c1-4-13(5-2,6-3)12-11-9-7-8-10-11;1-3-4-2;/h7-9H,4-6,10H2,1-3H3;3-4H,1-2H2;. The van der Waals surface area contributed by atoms with Gasteiger partial charge in [0.15, 0.2) is 0 Å². The number of nitrogens with zero attached hydrogens (tertiary/aromatic N) is 1. The zero-order valence-corrected chi connectivity index (χ0v) is 14.5. The second kappa shape index (κ2) is 12.0. The summed E-state index contributed by atoms with van der Waals surface area (Å²) in [5.74, 6) is 0. The van der Waals surface area contributed by atoms with Crippen molar-refractivity contribution in [1.29, 1.82) is 0 Å². The molecule has 0 atom stereocenters. The molecule has 0 bridgehead atoms. The Bertz CT molecular complexity index is 328. The van der Waals surface area contributed by atoms with Crippen LogP contribution >= 0.6 is 7.05 Å². The first kappa shape index (κ1) is 20.2. The molecule has 0 saturated heterocycles. The fraction of sp³-hybridized carbons (Fsp3) is 0.467. The van der Waals surface area contributed by atoms with Crippen LogP contribution in [0.3, 0.4) is 0 Å². The molecule has 1 nitrogen and oxygen atoms in total. The van der Waals surface area contributed by atoms with E-state index >= 15 is 0 Å². The number of hydrogen-bond donors (Lipinski definition) is 0. The monoisotopic (exact) mass is 299 g/mol. The van der Waals surface area contributed by atoms with E-state index in [-0.39, 0.29) is 21.7 Å². The predicted octanol–water partition coefficient (Wildman–Crippen LogP) is 5.45. The molecule has 0 aromatic carbocycles. The maximum Gasteiger partial charge on any atom is 0.0425 e. The Balaban J connectivity index is 0. The van der Waals surface area contributed by atoms with E-state index in [4.69, 9.17) is 4.74 Å². The first-order valence-electron chi connectivity index (χ1n) is 6.36. The molecule has 0 aromatic heterocycles. The number of hydrogen-bond acceptors (Lipinski definition) is 1. The molecule has 0 fully saturated rings. The zero-order valence-electron chi connectivity index (χ0n) is 12.0. The van der Waals surface area contributed by atoms with E-state index in [1.807, 2.05) is 0 Å². The van der Waals surface area contributed by atoms with Gasteiger partial charge in [0.2, 0.25) is 0 Å². The first-order valence-corrected chi connectivity index (χ1v) is 8.66. The van der Waals surface area contributed by atoms with E-state index in [2.05, 4.69) is 52.2 Å². The van der Waals surface area contributed by atoms with Gasteiger partial charge in [0.05, 0.1) is 0 Å². The van der Waals surface area contributed by atoms with Gasteiger partial charge in [-0.3, -0.25) is 4.74 Å². The Hall–Kier alpha value is -0.0957. The molecule has 0 radical (unpaired) electrons. The van der Waals surface area contributed by atoms with E-state index in [1.54, 1.807) is 12.2 Å². The Morgan fingerprint density at radius 1 is 1.17 bits per heavy atom. The molecule has 0 spiro atoms. The summed E-state index contributed by atoms with van der Waals surface area (Å²) in [7, 11) is -0.971. The first-order chi connectivity index (χ1) is 8.17. The molecular formula is C15H26NPTi. The number of allylic oxidation sites excluding steroid dienone is 5. The van der Waals surface area contributed by atoms with Gasteiger partial charge >= 0.3 is 0 Å². The van der Waals surface area contributed by atoms with Crippen LogP contribution in [0, 0.1) is 0 Å². The second-order valence-corrected chi connectivity index (χ2v) is 8.19. The van der Waals surface area contributed by atoms with E-state index in [0.717, 1.165) is 6.42 Å². The minimum absolute atomic E-state index is 0. The average Bonchev–Trinajstić information content (AvgIpc) is 2.89. The van der Waals surface area contributed by atoms with Gasteiger partial charge in [-0.25, -0.2) is 0 Å². The van der Waals surface area contributed by atoms with Gasteiger partial charge in [0.25, 0.3) is 0 Å². The van der Waals surface area contributed by atoms with Crippen molar-refractivity contribution in [3.8, 4) is 0 Å². The normalized spacial score (nSPS) is 12.7. The third-order valence-corrected chi connectivity index (χ3v) is 7.24.